The van der Waals surface area contributed by atoms with E-state index >= 15 is 0 Å². The molecule has 8 heteroatoms. The summed E-state index contributed by atoms with van der Waals surface area (Å²) in [5.41, 5.74) is 3.27. The van der Waals surface area contributed by atoms with E-state index in [0.29, 0.717) is 49.6 Å². The molecule has 188 valence electrons. The Morgan fingerprint density at radius 2 is 1.63 bits per heavy atom. The molecule has 2 aliphatic rings. The van der Waals surface area contributed by atoms with Gasteiger partial charge in [-0.1, -0.05) is 19.9 Å². The highest BCUT2D eigenvalue weighted by Gasteiger charge is 2.28. The fourth-order valence-corrected chi connectivity index (χ4v) is 5.86. The summed E-state index contributed by atoms with van der Waals surface area (Å²) in [6.07, 6.45) is 5.44. The third kappa shape index (κ3) is 6.23. The van der Waals surface area contributed by atoms with Gasteiger partial charge in [-0.3, -0.25) is 14.3 Å². The molecule has 0 aromatic heterocycles. The number of anilines is 1. The first-order chi connectivity index (χ1) is 16.7. The van der Waals surface area contributed by atoms with Crippen LogP contribution in [0, 0.1) is 11.8 Å². The molecule has 2 amide bonds. The molecule has 4 rings (SSSR count). The van der Waals surface area contributed by atoms with Gasteiger partial charge in [0.2, 0.25) is 5.91 Å². The highest BCUT2D eigenvalue weighted by Crippen LogP contribution is 2.26. The fraction of sp³-hybridized carbons (Fsp3) is 0.481. The maximum Gasteiger partial charge on any atom is 0.261 e. The summed E-state index contributed by atoms with van der Waals surface area (Å²) >= 11 is 0. The standard InChI is InChI=1S/C27H35N3O4S/c1-19(2)18-28-26(31)21-13-15-30(16-14-21)27(32)22-7-10-24(11-8-22)29-35(33,34)25-12-9-20-5-3-4-6-23(20)17-25/h7-12,17,19,21,29H,3-6,13-16,18H2,1-2H3,(H,28,31). The number of aryl methyl sites for hydroxylation is 2. The molecule has 0 saturated carbocycles. The van der Waals surface area contributed by atoms with Gasteiger partial charge in [0.1, 0.15) is 0 Å². The van der Waals surface area contributed by atoms with Crippen LogP contribution >= 0.6 is 0 Å². The minimum atomic E-state index is -3.71. The number of sulfonamides is 1. The molecule has 0 bridgehead atoms. The predicted octanol–water partition coefficient (Wildman–Crippen LogP) is 3.99. The number of likely N-dealkylation sites (tertiary alicyclic amines) is 1. The Kier molecular flexibility index (Phi) is 7.79. The normalized spacial score (nSPS) is 16.6. The molecule has 2 aromatic rings. The number of nitrogens with zero attached hydrogens (tertiary/aromatic N) is 1. The lowest BCUT2D eigenvalue weighted by Crippen LogP contribution is -2.43. The van der Waals surface area contributed by atoms with Gasteiger partial charge >= 0.3 is 0 Å². The van der Waals surface area contributed by atoms with Crippen LogP contribution in [-0.4, -0.2) is 44.8 Å². The van der Waals surface area contributed by atoms with E-state index < -0.39 is 10.0 Å². The Hall–Kier alpha value is -2.87. The molecule has 0 atom stereocenters. The van der Waals surface area contributed by atoms with Crippen LogP contribution in [0.4, 0.5) is 5.69 Å². The summed E-state index contributed by atoms with van der Waals surface area (Å²) in [5.74, 6) is 0.320. The van der Waals surface area contributed by atoms with E-state index in [-0.39, 0.29) is 22.6 Å². The van der Waals surface area contributed by atoms with Crippen LogP contribution in [0.5, 0.6) is 0 Å². The van der Waals surface area contributed by atoms with Crippen LogP contribution in [0.1, 0.15) is 61.0 Å². The first-order valence-corrected chi connectivity index (χ1v) is 14.0. The number of benzene rings is 2. The number of piperidine rings is 1. The molecule has 1 saturated heterocycles. The lowest BCUT2D eigenvalue weighted by atomic mass is 9.92. The largest absolute Gasteiger partial charge is 0.356 e. The number of carbonyl (C=O) groups is 2. The maximum atomic E-state index is 12.9. The Bertz CT molecular complexity index is 1170. The highest BCUT2D eigenvalue weighted by atomic mass is 32.2. The van der Waals surface area contributed by atoms with Gasteiger partial charge in [0.25, 0.3) is 15.9 Å². The second-order valence-corrected chi connectivity index (χ2v) is 11.7. The summed E-state index contributed by atoms with van der Waals surface area (Å²) < 4.78 is 28.4. The molecular formula is C27H35N3O4S. The van der Waals surface area contributed by atoms with Crippen molar-refractivity contribution in [2.75, 3.05) is 24.4 Å². The van der Waals surface area contributed by atoms with Gasteiger partial charge in [0.05, 0.1) is 4.90 Å². The van der Waals surface area contributed by atoms with E-state index in [0.717, 1.165) is 31.2 Å². The topological polar surface area (TPSA) is 95.6 Å². The van der Waals surface area contributed by atoms with E-state index in [4.69, 9.17) is 0 Å². The van der Waals surface area contributed by atoms with E-state index in [1.54, 1.807) is 41.3 Å². The minimum absolute atomic E-state index is 0.0572. The zero-order valence-corrected chi connectivity index (χ0v) is 21.4. The van der Waals surface area contributed by atoms with Gasteiger partial charge in [0.15, 0.2) is 0 Å². The molecule has 2 N–H and O–H groups in total. The summed E-state index contributed by atoms with van der Waals surface area (Å²) in [4.78, 5) is 27.3. The highest BCUT2D eigenvalue weighted by molar-refractivity contribution is 7.92. The van der Waals surface area contributed by atoms with Crippen LogP contribution in [-0.2, 0) is 27.7 Å². The number of carbonyl (C=O) groups excluding carboxylic acids is 2. The summed E-state index contributed by atoms with van der Waals surface area (Å²) in [6, 6.07) is 11.9. The van der Waals surface area contributed by atoms with Crippen molar-refractivity contribution < 1.29 is 18.0 Å². The van der Waals surface area contributed by atoms with Crippen molar-refractivity contribution in [1.82, 2.24) is 10.2 Å². The van der Waals surface area contributed by atoms with Crippen molar-refractivity contribution in [3.05, 3.63) is 59.2 Å². The van der Waals surface area contributed by atoms with Gasteiger partial charge in [-0.15, -0.1) is 0 Å². The van der Waals surface area contributed by atoms with Crippen LogP contribution in [0.15, 0.2) is 47.4 Å². The van der Waals surface area contributed by atoms with Crippen LogP contribution in [0.3, 0.4) is 0 Å². The Morgan fingerprint density at radius 3 is 2.29 bits per heavy atom. The molecule has 0 radical (unpaired) electrons. The van der Waals surface area contributed by atoms with Crippen molar-refractivity contribution in [2.45, 2.75) is 57.3 Å². The van der Waals surface area contributed by atoms with Gasteiger partial charge in [-0.25, -0.2) is 8.42 Å². The molecule has 0 spiro atoms. The van der Waals surface area contributed by atoms with Crippen LogP contribution < -0.4 is 10.0 Å². The second-order valence-electron chi connectivity index (χ2n) is 10.0. The third-order valence-corrected chi connectivity index (χ3v) is 8.23. The van der Waals surface area contributed by atoms with Crippen molar-refractivity contribution in [3.63, 3.8) is 0 Å². The molecule has 2 aromatic carbocycles. The molecule has 0 unspecified atom stereocenters. The van der Waals surface area contributed by atoms with E-state index in [1.165, 1.54) is 5.56 Å². The van der Waals surface area contributed by atoms with Crippen molar-refractivity contribution in [2.24, 2.45) is 11.8 Å². The number of amides is 2. The lowest BCUT2D eigenvalue weighted by molar-refractivity contribution is -0.126. The summed E-state index contributed by atoms with van der Waals surface area (Å²) in [6.45, 7) is 5.86. The number of nitrogens with one attached hydrogen (secondary N) is 2. The van der Waals surface area contributed by atoms with Crippen LogP contribution in [0.2, 0.25) is 0 Å². The number of hydrogen-bond donors (Lipinski definition) is 2. The maximum absolute atomic E-state index is 12.9. The van der Waals surface area contributed by atoms with Gasteiger partial charge < -0.3 is 10.2 Å². The monoisotopic (exact) mass is 497 g/mol. The van der Waals surface area contributed by atoms with Gasteiger partial charge in [-0.2, -0.15) is 0 Å². The first kappa shape index (κ1) is 25.2. The van der Waals surface area contributed by atoms with E-state index in [2.05, 4.69) is 23.9 Å². The fourth-order valence-electron chi connectivity index (χ4n) is 4.75. The smallest absolute Gasteiger partial charge is 0.261 e. The molecule has 7 nitrogen and oxygen atoms in total. The quantitative estimate of drug-likeness (QED) is 0.605. The zero-order valence-electron chi connectivity index (χ0n) is 20.5. The molecule has 1 heterocycles. The van der Waals surface area contributed by atoms with Crippen molar-refractivity contribution in [3.8, 4) is 0 Å². The van der Waals surface area contributed by atoms with Gasteiger partial charge in [-0.05, 0) is 92.0 Å². The van der Waals surface area contributed by atoms with E-state index in [1.807, 2.05) is 6.07 Å². The SMILES string of the molecule is CC(C)CNC(=O)C1CCN(C(=O)c2ccc(NS(=O)(=O)c3ccc4c(c3)CCCC4)cc2)CC1. The minimum Gasteiger partial charge on any atom is -0.356 e. The average molecular weight is 498 g/mol. The molecule has 35 heavy (non-hydrogen) atoms. The van der Waals surface area contributed by atoms with E-state index in [9.17, 15) is 18.0 Å². The first-order valence-electron chi connectivity index (χ1n) is 12.5. The van der Waals surface area contributed by atoms with Crippen molar-refractivity contribution in [1.29, 1.82) is 0 Å². The van der Waals surface area contributed by atoms with Crippen LogP contribution in [0.25, 0.3) is 0 Å². The third-order valence-electron chi connectivity index (χ3n) is 6.85. The van der Waals surface area contributed by atoms with Crippen molar-refractivity contribution >= 4 is 27.5 Å². The Balaban J connectivity index is 1.34. The molecule has 1 aliphatic carbocycles. The van der Waals surface area contributed by atoms with Gasteiger partial charge in [0, 0.05) is 36.8 Å². The Morgan fingerprint density at radius 1 is 0.971 bits per heavy atom. The number of rotatable bonds is 7. The molecular weight excluding hydrogens is 462 g/mol. The Labute approximate surface area is 208 Å². The summed E-state index contributed by atoms with van der Waals surface area (Å²) in [7, 11) is -3.71. The number of fused-ring (bicyclic) bond motifs is 1. The molecule has 1 fully saturated rings. The average Bonchev–Trinajstić information content (AvgIpc) is 2.87. The molecule has 1 aliphatic heterocycles. The summed E-state index contributed by atoms with van der Waals surface area (Å²) in [5, 5.41) is 2.98. The zero-order chi connectivity index (χ0) is 25.0. The second kappa shape index (κ2) is 10.8. The predicted molar refractivity (Wildman–Crippen MR) is 137 cm³/mol. The lowest BCUT2D eigenvalue weighted by Gasteiger charge is -2.31. The number of hydrogen-bond acceptors (Lipinski definition) is 4.